The van der Waals surface area contributed by atoms with Gasteiger partial charge in [0.15, 0.2) is 0 Å². The average Bonchev–Trinajstić information content (AvgIpc) is 2.19. The summed E-state index contributed by atoms with van der Waals surface area (Å²) in [5.74, 6) is 1.71. The third-order valence-corrected chi connectivity index (χ3v) is 1.74. The first kappa shape index (κ1) is 10.9. The van der Waals surface area contributed by atoms with Crippen LogP contribution < -0.4 is 5.32 Å². The third kappa shape index (κ3) is 3.70. The van der Waals surface area contributed by atoms with Crippen LogP contribution in [0, 0.1) is 0 Å². The van der Waals surface area contributed by atoms with Crippen molar-refractivity contribution in [3.05, 3.63) is 18.1 Å². The Morgan fingerprint density at radius 2 is 2.29 bits per heavy atom. The lowest BCUT2D eigenvalue weighted by atomic mass is 10.4. The minimum Gasteiger partial charge on any atom is -0.381 e. The first-order chi connectivity index (χ1) is 6.86. The Kier molecular flexibility index (Phi) is 4.93. The van der Waals surface area contributed by atoms with Gasteiger partial charge in [-0.1, -0.05) is 0 Å². The van der Waals surface area contributed by atoms with E-state index in [4.69, 9.17) is 4.74 Å². The molecule has 4 heteroatoms. The van der Waals surface area contributed by atoms with E-state index in [1.165, 1.54) is 0 Å². The summed E-state index contributed by atoms with van der Waals surface area (Å²) >= 11 is 0. The summed E-state index contributed by atoms with van der Waals surface area (Å²) in [6, 6.07) is 1.87. The standard InChI is InChI=1S/C10H17N3O/c1-3-11-9-5-7-12-10(13-9)6-8-14-4-2/h5,7H,3-4,6,8H2,1-2H3,(H,11,12,13). The van der Waals surface area contributed by atoms with Crippen LogP contribution >= 0.6 is 0 Å². The SMILES string of the molecule is CCNc1ccnc(CCOCC)n1. The molecular formula is C10H17N3O. The van der Waals surface area contributed by atoms with Gasteiger partial charge in [0, 0.05) is 25.8 Å². The molecule has 4 nitrogen and oxygen atoms in total. The normalized spacial score (nSPS) is 10.1. The summed E-state index contributed by atoms with van der Waals surface area (Å²) < 4.78 is 5.24. The van der Waals surface area contributed by atoms with Crippen molar-refractivity contribution in [2.45, 2.75) is 20.3 Å². The van der Waals surface area contributed by atoms with Gasteiger partial charge in [-0.2, -0.15) is 0 Å². The van der Waals surface area contributed by atoms with E-state index in [1.54, 1.807) is 6.20 Å². The maximum absolute atomic E-state index is 5.24. The Morgan fingerprint density at radius 1 is 1.43 bits per heavy atom. The predicted molar refractivity (Wildman–Crippen MR) is 56.4 cm³/mol. The Balaban J connectivity index is 2.46. The molecule has 0 aliphatic rings. The molecule has 1 aromatic heterocycles. The van der Waals surface area contributed by atoms with Gasteiger partial charge in [-0.15, -0.1) is 0 Å². The van der Waals surface area contributed by atoms with Crippen molar-refractivity contribution in [2.24, 2.45) is 0 Å². The van der Waals surface area contributed by atoms with Crippen LogP contribution in [0.3, 0.4) is 0 Å². The molecule has 0 saturated carbocycles. The highest BCUT2D eigenvalue weighted by Crippen LogP contribution is 2.01. The van der Waals surface area contributed by atoms with Gasteiger partial charge in [0.1, 0.15) is 11.6 Å². The molecule has 0 bridgehead atoms. The molecule has 14 heavy (non-hydrogen) atoms. The summed E-state index contributed by atoms with van der Waals surface area (Å²) in [4.78, 5) is 8.49. The minimum atomic E-state index is 0.687. The van der Waals surface area contributed by atoms with Crippen molar-refractivity contribution in [2.75, 3.05) is 25.1 Å². The van der Waals surface area contributed by atoms with E-state index < -0.39 is 0 Å². The fourth-order valence-corrected chi connectivity index (χ4v) is 1.11. The lowest BCUT2D eigenvalue weighted by molar-refractivity contribution is 0.149. The summed E-state index contributed by atoms with van der Waals surface area (Å²) in [5.41, 5.74) is 0. The number of nitrogens with zero attached hydrogens (tertiary/aromatic N) is 2. The molecule has 0 fully saturated rings. The number of ether oxygens (including phenoxy) is 1. The highest BCUT2D eigenvalue weighted by molar-refractivity contribution is 5.32. The molecule has 0 atom stereocenters. The molecule has 1 aromatic rings. The second kappa shape index (κ2) is 6.32. The van der Waals surface area contributed by atoms with Gasteiger partial charge in [-0.05, 0) is 19.9 Å². The zero-order chi connectivity index (χ0) is 10.2. The van der Waals surface area contributed by atoms with Gasteiger partial charge in [-0.25, -0.2) is 9.97 Å². The fraction of sp³-hybridized carbons (Fsp3) is 0.600. The Labute approximate surface area is 84.7 Å². The zero-order valence-corrected chi connectivity index (χ0v) is 8.79. The molecule has 78 valence electrons. The van der Waals surface area contributed by atoms with Crippen LogP contribution in [0.5, 0.6) is 0 Å². The van der Waals surface area contributed by atoms with E-state index in [1.807, 2.05) is 19.9 Å². The lowest BCUT2D eigenvalue weighted by Crippen LogP contribution is -2.05. The maximum atomic E-state index is 5.24. The van der Waals surface area contributed by atoms with Crippen molar-refractivity contribution in [1.29, 1.82) is 0 Å². The predicted octanol–water partition coefficient (Wildman–Crippen LogP) is 1.49. The van der Waals surface area contributed by atoms with E-state index in [0.29, 0.717) is 6.61 Å². The molecule has 0 radical (unpaired) electrons. The van der Waals surface area contributed by atoms with Crippen LogP contribution in [-0.4, -0.2) is 29.7 Å². The minimum absolute atomic E-state index is 0.687. The molecule has 0 aromatic carbocycles. The Morgan fingerprint density at radius 3 is 3.00 bits per heavy atom. The molecule has 0 saturated heterocycles. The largest absolute Gasteiger partial charge is 0.381 e. The molecule has 0 amide bonds. The fourth-order valence-electron chi connectivity index (χ4n) is 1.11. The van der Waals surface area contributed by atoms with Crippen LogP contribution in [0.2, 0.25) is 0 Å². The van der Waals surface area contributed by atoms with Gasteiger partial charge in [0.2, 0.25) is 0 Å². The van der Waals surface area contributed by atoms with E-state index >= 15 is 0 Å². The van der Waals surface area contributed by atoms with Crippen LogP contribution in [0.15, 0.2) is 12.3 Å². The molecule has 1 N–H and O–H groups in total. The number of hydrogen-bond acceptors (Lipinski definition) is 4. The number of anilines is 1. The van der Waals surface area contributed by atoms with Crippen LogP contribution in [-0.2, 0) is 11.2 Å². The lowest BCUT2D eigenvalue weighted by Gasteiger charge is -2.04. The molecule has 0 unspecified atom stereocenters. The summed E-state index contributed by atoms with van der Waals surface area (Å²) in [5, 5.41) is 3.15. The monoisotopic (exact) mass is 195 g/mol. The highest BCUT2D eigenvalue weighted by atomic mass is 16.5. The van der Waals surface area contributed by atoms with Crippen molar-refractivity contribution in [3.63, 3.8) is 0 Å². The van der Waals surface area contributed by atoms with E-state index in [2.05, 4.69) is 15.3 Å². The molecule has 1 heterocycles. The zero-order valence-electron chi connectivity index (χ0n) is 8.79. The summed E-state index contributed by atoms with van der Waals surface area (Å²) in [6.45, 7) is 6.33. The van der Waals surface area contributed by atoms with Gasteiger partial charge in [0.25, 0.3) is 0 Å². The van der Waals surface area contributed by atoms with E-state index in [-0.39, 0.29) is 0 Å². The quantitative estimate of drug-likeness (QED) is 0.698. The second-order valence-electron chi connectivity index (χ2n) is 2.84. The molecule has 1 rings (SSSR count). The number of rotatable bonds is 6. The average molecular weight is 195 g/mol. The van der Waals surface area contributed by atoms with E-state index in [9.17, 15) is 0 Å². The summed E-state index contributed by atoms with van der Waals surface area (Å²) in [7, 11) is 0. The van der Waals surface area contributed by atoms with Crippen LogP contribution in [0.1, 0.15) is 19.7 Å². The smallest absolute Gasteiger partial charge is 0.132 e. The Hall–Kier alpha value is -1.16. The molecular weight excluding hydrogens is 178 g/mol. The van der Waals surface area contributed by atoms with Gasteiger partial charge in [-0.3, -0.25) is 0 Å². The van der Waals surface area contributed by atoms with Gasteiger partial charge < -0.3 is 10.1 Å². The molecule has 0 aliphatic heterocycles. The topological polar surface area (TPSA) is 47.0 Å². The number of hydrogen-bond donors (Lipinski definition) is 1. The third-order valence-electron chi connectivity index (χ3n) is 1.74. The first-order valence-electron chi connectivity index (χ1n) is 5.00. The second-order valence-corrected chi connectivity index (χ2v) is 2.84. The summed E-state index contributed by atoms with van der Waals surface area (Å²) in [6.07, 6.45) is 2.54. The molecule has 0 spiro atoms. The van der Waals surface area contributed by atoms with Crippen molar-refractivity contribution in [1.82, 2.24) is 9.97 Å². The maximum Gasteiger partial charge on any atom is 0.132 e. The van der Waals surface area contributed by atoms with Crippen molar-refractivity contribution >= 4 is 5.82 Å². The first-order valence-corrected chi connectivity index (χ1v) is 5.00. The molecule has 0 aliphatic carbocycles. The van der Waals surface area contributed by atoms with Crippen LogP contribution in [0.25, 0.3) is 0 Å². The number of nitrogens with one attached hydrogen (secondary N) is 1. The van der Waals surface area contributed by atoms with Crippen molar-refractivity contribution < 1.29 is 4.74 Å². The van der Waals surface area contributed by atoms with E-state index in [0.717, 1.165) is 31.2 Å². The Bertz CT molecular complexity index is 265. The van der Waals surface area contributed by atoms with Gasteiger partial charge in [0.05, 0.1) is 6.61 Å². The van der Waals surface area contributed by atoms with Crippen LogP contribution in [0.4, 0.5) is 5.82 Å². The number of aromatic nitrogens is 2. The highest BCUT2D eigenvalue weighted by Gasteiger charge is 1.97. The van der Waals surface area contributed by atoms with Crippen molar-refractivity contribution in [3.8, 4) is 0 Å². The van der Waals surface area contributed by atoms with Gasteiger partial charge >= 0.3 is 0 Å².